The molecule has 11 atom stereocenters. The molecular formula is C27H42O4. The first kappa shape index (κ1) is 21.1. The van der Waals surface area contributed by atoms with E-state index in [1.165, 1.54) is 12.0 Å². The molecule has 6 aliphatic rings. The van der Waals surface area contributed by atoms with Crippen LogP contribution in [0.25, 0.3) is 0 Å². The van der Waals surface area contributed by atoms with Crippen LogP contribution >= 0.6 is 0 Å². The largest absolute Gasteiger partial charge is 0.393 e. The highest BCUT2D eigenvalue weighted by Gasteiger charge is 2.76. The van der Waals surface area contributed by atoms with E-state index >= 15 is 0 Å². The summed E-state index contributed by atoms with van der Waals surface area (Å²) in [6, 6.07) is 0. The molecule has 174 valence electrons. The van der Waals surface area contributed by atoms with Gasteiger partial charge in [-0.15, -0.1) is 0 Å². The Kier molecular flexibility index (Phi) is 4.49. The maximum Gasteiger partial charge on any atom is 0.174 e. The summed E-state index contributed by atoms with van der Waals surface area (Å²) in [6.07, 6.45) is 11.5. The number of rotatable bonds is 0. The fraction of sp³-hybridized carbons (Fsp3) is 0.926. The molecular weight excluding hydrogens is 388 g/mol. The van der Waals surface area contributed by atoms with Crippen molar-refractivity contribution in [1.82, 2.24) is 0 Å². The van der Waals surface area contributed by atoms with Gasteiger partial charge in [-0.25, -0.2) is 0 Å². The number of ether oxygens (including phenoxy) is 2. The molecule has 0 aromatic heterocycles. The third kappa shape index (κ3) is 2.52. The number of aliphatic hydroxyl groups excluding tert-OH is 1. The normalized spacial score (nSPS) is 60.7. The number of hydrogen-bond donors (Lipinski definition) is 2. The third-order valence-corrected chi connectivity index (χ3v) is 11.6. The van der Waals surface area contributed by atoms with Crippen molar-refractivity contribution in [2.75, 3.05) is 6.61 Å². The van der Waals surface area contributed by atoms with Gasteiger partial charge in [0.15, 0.2) is 5.79 Å². The van der Waals surface area contributed by atoms with Crippen LogP contribution in [-0.4, -0.2) is 40.4 Å². The van der Waals surface area contributed by atoms with Gasteiger partial charge >= 0.3 is 0 Å². The van der Waals surface area contributed by atoms with Gasteiger partial charge in [0.1, 0.15) is 5.60 Å². The summed E-state index contributed by atoms with van der Waals surface area (Å²) in [5.41, 5.74) is 0.849. The van der Waals surface area contributed by atoms with E-state index in [-0.39, 0.29) is 29.0 Å². The van der Waals surface area contributed by atoms with Crippen molar-refractivity contribution in [3.05, 3.63) is 11.6 Å². The van der Waals surface area contributed by atoms with Gasteiger partial charge in [-0.1, -0.05) is 39.3 Å². The molecule has 0 aromatic rings. The third-order valence-electron chi connectivity index (χ3n) is 11.6. The van der Waals surface area contributed by atoms with Gasteiger partial charge in [0.05, 0.1) is 18.8 Å². The van der Waals surface area contributed by atoms with E-state index in [0.29, 0.717) is 23.7 Å². The first-order valence-electron chi connectivity index (χ1n) is 13.1. The van der Waals surface area contributed by atoms with Gasteiger partial charge in [-0.05, 0) is 80.5 Å². The van der Waals surface area contributed by atoms with E-state index in [0.717, 1.165) is 58.0 Å². The molecule has 0 amide bonds. The van der Waals surface area contributed by atoms with Crippen LogP contribution in [0.15, 0.2) is 11.6 Å². The molecule has 4 aliphatic carbocycles. The lowest BCUT2D eigenvalue weighted by molar-refractivity contribution is -0.274. The van der Waals surface area contributed by atoms with Crippen molar-refractivity contribution in [3.8, 4) is 0 Å². The molecule has 5 fully saturated rings. The molecule has 1 spiro atoms. The van der Waals surface area contributed by atoms with Gasteiger partial charge in [0.2, 0.25) is 0 Å². The second-order valence-electron chi connectivity index (χ2n) is 12.8. The van der Waals surface area contributed by atoms with Gasteiger partial charge in [0.25, 0.3) is 0 Å². The van der Waals surface area contributed by atoms with Crippen molar-refractivity contribution < 1.29 is 19.7 Å². The molecule has 31 heavy (non-hydrogen) atoms. The molecule has 0 aromatic carbocycles. The second-order valence-corrected chi connectivity index (χ2v) is 12.8. The van der Waals surface area contributed by atoms with Crippen LogP contribution in [0.1, 0.15) is 85.5 Å². The van der Waals surface area contributed by atoms with Crippen molar-refractivity contribution in [2.24, 2.45) is 40.4 Å². The Morgan fingerprint density at radius 1 is 1.03 bits per heavy atom. The second kappa shape index (κ2) is 6.58. The fourth-order valence-corrected chi connectivity index (χ4v) is 9.58. The zero-order chi connectivity index (χ0) is 21.8. The molecule has 0 radical (unpaired) electrons. The van der Waals surface area contributed by atoms with Crippen LogP contribution in [0.3, 0.4) is 0 Å². The van der Waals surface area contributed by atoms with E-state index < -0.39 is 11.4 Å². The van der Waals surface area contributed by atoms with Crippen LogP contribution in [0.2, 0.25) is 0 Å². The summed E-state index contributed by atoms with van der Waals surface area (Å²) in [6.45, 7) is 10.1. The Bertz CT molecular complexity index is 784. The molecule has 2 N–H and O–H groups in total. The van der Waals surface area contributed by atoms with Crippen LogP contribution in [-0.2, 0) is 9.47 Å². The number of hydrogen-bond acceptors (Lipinski definition) is 4. The first-order chi connectivity index (χ1) is 14.6. The molecule has 2 saturated heterocycles. The number of allylic oxidation sites excluding steroid dienone is 1. The highest BCUT2D eigenvalue weighted by Crippen LogP contribution is 2.72. The Labute approximate surface area is 187 Å². The minimum Gasteiger partial charge on any atom is -0.393 e. The Morgan fingerprint density at radius 2 is 1.84 bits per heavy atom. The highest BCUT2D eigenvalue weighted by atomic mass is 16.7. The van der Waals surface area contributed by atoms with Crippen molar-refractivity contribution in [2.45, 2.75) is 109 Å². The SMILES string of the molecule is CC1CC[C@@]2(OC1)O[C@H]1C[C@H]3[C@@H]4CC=C5C[C@@H](O)CC[C@]5(C)[C@H]4CC[C@]3(C)[C@@]1(O)[C@@H]2C. The topological polar surface area (TPSA) is 58.9 Å². The van der Waals surface area contributed by atoms with E-state index in [4.69, 9.17) is 9.47 Å². The molecule has 0 bridgehead atoms. The van der Waals surface area contributed by atoms with Gasteiger partial charge in [0, 0.05) is 17.8 Å². The number of aliphatic hydroxyl groups is 2. The average Bonchev–Trinajstić information content (AvgIpc) is 3.09. The molecule has 2 aliphatic heterocycles. The lowest BCUT2D eigenvalue weighted by atomic mass is 9.46. The summed E-state index contributed by atoms with van der Waals surface area (Å²) in [7, 11) is 0. The summed E-state index contributed by atoms with van der Waals surface area (Å²) in [4.78, 5) is 0. The first-order valence-corrected chi connectivity index (χ1v) is 13.1. The molecule has 6 rings (SSSR count). The van der Waals surface area contributed by atoms with E-state index in [2.05, 4.69) is 33.8 Å². The zero-order valence-corrected chi connectivity index (χ0v) is 19.9. The smallest absolute Gasteiger partial charge is 0.174 e. The Morgan fingerprint density at radius 3 is 2.58 bits per heavy atom. The standard InChI is InChI=1S/C27H42O4/c1-16-7-12-26(30-15-16)17(2)27(29)23(31-26)14-22-20-6-5-18-13-19(28)8-10-24(18,3)21(20)9-11-25(22,27)4/h5,16-17,19-23,28-29H,6-15H2,1-4H3/t16?,17-,19+,20-,21+,22+,23+,24+,25+,26-,27-/m1/s1. The van der Waals surface area contributed by atoms with Crippen LogP contribution in [0.4, 0.5) is 0 Å². The number of fused-ring (bicyclic) bond motifs is 7. The molecule has 1 unspecified atom stereocenters. The zero-order valence-electron chi connectivity index (χ0n) is 19.9. The predicted molar refractivity (Wildman–Crippen MR) is 119 cm³/mol. The minimum absolute atomic E-state index is 0.0131. The molecule has 2 heterocycles. The van der Waals surface area contributed by atoms with Crippen LogP contribution < -0.4 is 0 Å². The van der Waals surface area contributed by atoms with Crippen molar-refractivity contribution in [3.63, 3.8) is 0 Å². The van der Waals surface area contributed by atoms with Crippen molar-refractivity contribution >= 4 is 0 Å². The summed E-state index contributed by atoms with van der Waals surface area (Å²) >= 11 is 0. The monoisotopic (exact) mass is 430 g/mol. The van der Waals surface area contributed by atoms with E-state index in [1.54, 1.807) is 0 Å². The summed E-state index contributed by atoms with van der Waals surface area (Å²) in [5, 5.41) is 22.7. The van der Waals surface area contributed by atoms with Crippen LogP contribution in [0, 0.1) is 40.4 Å². The predicted octanol–water partition coefficient (Wildman–Crippen LogP) is 4.83. The van der Waals surface area contributed by atoms with Crippen LogP contribution in [0.5, 0.6) is 0 Å². The van der Waals surface area contributed by atoms with Gasteiger partial charge in [-0.3, -0.25) is 0 Å². The Hall–Kier alpha value is -0.420. The van der Waals surface area contributed by atoms with Gasteiger partial charge in [-0.2, -0.15) is 0 Å². The lowest BCUT2D eigenvalue weighted by Crippen LogP contribution is -2.59. The Balaban J connectivity index is 1.32. The molecule has 3 saturated carbocycles. The van der Waals surface area contributed by atoms with Gasteiger partial charge < -0.3 is 19.7 Å². The fourth-order valence-electron chi connectivity index (χ4n) is 9.58. The maximum atomic E-state index is 12.4. The summed E-state index contributed by atoms with van der Waals surface area (Å²) < 4.78 is 13.1. The highest BCUT2D eigenvalue weighted by molar-refractivity contribution is 5.28. The van der Waals surface area contributed by atoms with Crippen molar-refractivity contribution in [1.29, 1.82) is 0 Å². The molecule has 4 heteroatoms. The minimum atomic E-state index is -0.795. The summed E-state index contributed by atoms with van der Waals surface area (Å²) in [5.74, 6) is 1.81. The lowest BCUT2D eigenvalue weighted by Gasteiger charge is -2.59. The van der Waals surface area contributed by atoms with E-state index in [1.807, 2.05) is 0 Å². The molecule has 4 nitrogen and oxygen atoms in total. The quantitative estimate of drug-likeness (QED) is 0.541. The van der Waals surface area contributed by atoms with E-state index in [9.17, 15) is 10.2 Å². The average molecular weight is 431 g/mol. The maximum absolute atomic E-state index is 12.4.